The van der Waals surface area contributed by atoms with E-state index in [1.165, 1.54) is 0 Å². The van der Waals surface area contributed by atoms with Gasteiger partial charge in [-0.25, -0.2) is 0 Å². The van der Waals surface area contributed by atoms with Crippen LogP contribution in [0, 0.1) is 5.41 Å². The van der Waals surface area contributed by atoms with E-state index in [1.807, 2.05) is 31.3 Å². The Morgan fingerprint density at radius 3 is 2.58 bits per heavy atom. The SMILES string of the molecule is CN(Cc1ccccc1Cl)CC1(C(=O)O)CCCC1. The van der Waals surface area contributed by atoms with Gasteiger partial charge in [0.2, 0.25) is 0 Å². The number of hydrogen-bond acceptors (Lipinski definition) is 2. The Bertz CT molecular complexity index is 455. The van der Waals surface area contributed by atoms with E-state index in [9.17, 15) is 9.90 Å². The minimum absolute atomic E-state index is 0.560. The molecule has 1 saturated carbocycles. The summed E-state index contributed by atoms with van der Waals surface area (Å²) in [5.41, 5.74) is 0.487. The van der Waals surface area contributed by atoms with Gasteiger partial charge in [0.25, 0.3) is 0 Å². The zero-order valence-electron chi connectivity index (χ0n) is 11.2. The summed E-state index contributed by atoms with van der Waals surface area (Å²) in [5, 5.41) is 10.2. The minimum Gasteiger partial charge on any atom is -0.481 e. The van der Waals surface area contributed by atoms with Crippen LogP contribution in [0.2, 0.25) is 5.02 Å². The second-order valence-corrected chi connectivity index (χ2v) is 5.96. The summed E-state index contributed by atoms with van der Waals surface area (Å²) in [6, 6.07) is 7.72. The number of rotatable bonds is 5. The molecule has 1 aliphatic rings. The van der Waals surface area contributed by atoms with Crippen LogP contribution >= 0.6 is 11.6 Å². The number of carboxylic acids is 1. The van der Waals surface area contributed by atoms with Gasteiger partial charge in [0.15, 0.2) is 0 Å². The largest absolute Gasteiger partial charge is 0.481 e. The van der Waals surface area contributed by atoms with Gasteiger partial charge in [-0.05, 0) is 31.5 Å². The van der Waals surface area contributed by atoms with Crippen molar-refractivity contribution in [1.29, 1.82) is 0 Å². The van der Waals surface area contributed by atoms with Crippen LogP contribution in [0.25, 0.3) is 0 Å². The fourth-order valence-corrected chi connectivity index (χ4v) is 3.18. The van der Waals surface area contributed by atoms with Crippen LogP contribution in [-0.2, 0) is 11.3 Å². The second kappa shape index (κ2) is 5.93. The molecule has 0 bridgehead atoms. The molecular weight excluding hydrogens is 262 g/mol. The highest BCUT2D eigenvalue weighted by molar-refractivity contribution is 6.31. The van der Waals surface area contributed by atoms with Gasteiger partial charge in [-0.2, -0.15) is 0 Å². The Labute approximate surface area is 119 Å². The van der Waals surface area contributed by atoms with Crippen molar-refractivity contribution in [1.82, 2.24) is 4.90 Å². The second-order valence-electron chi connectivity index (χ2n) is 5.56. The number of aliphatic carboxylic acids is 1. The summed E-state index contributed by atoms with van der Waals surface area (Å²) in [6.45, 7) is 1.28. The molecular formula is C15H20ClNO2. The third-order valence-electron chi connectivity index (χ3n) is 3.99. The van der Waals surface area contributed by atoms with Crippen molar-refractivity contribution in [3.05, 3.63) is 34.9 Å². The maximum absolute atomic E-state index is 11.5. The molecule has 104 valence electrons. The molecule has 0 atom stereocenters. The number of benzene rings is 1. The molecule has 1 aliphatic carbocycles. The van der Waals surface area contributed by atoms with Crippen molar-refractivity contribution in [2.24, 2.45) is 5.41 Å². The molecule has 0 spiro atoms. The van der Waals surface area contributed by atoms with Crippen molar-refractivity contribution in [2.75, 3.05) is 13.6 Å². The zero-order chi connectivity index (χ0) is 13.9. The van der Waals surface area contributed by atoms with Crippen molar-refractivity contribution in [2.45, 2.75) is 32.2 Å². The van der Waals surface area contributed by atoms with Gasteiger partial charge >= 0.3 is 5.97 Å². The van der Waals surface area contributed by atoms with Crippen molar-refractivity contribution in [3.8, 4) is 0 Å². The number of hydrogen-bond donors (Lipinski definition) is 1. The Balaban J connectivity index is 2.03. The molecule has 3 nitrogen and oxygen atoms in total. The molecule has 0 radical (unpaired) electrons. The maximum atomic E-state index is 11.5. The zero-order valence-corrected chi connectivity index (χ0v) is 12.0. The lowest BCUT2D eigenvalue weighted by atomic mass is 9.85. The van der Waals surface area contributed by atoms with Gasteiger partial charge < -0.3 is 10.0 Å². The van der Waals surface area contributed by atoms with Crippen molar-refractivity contribution < 1.29 is 9.90 Å². The summed E-state index contributed by atoms with van der Waals surface area (Å²) < 4.78 is 0. The first-order chi connectivity index (χ1) is 9.03. The first kappa shape index (κ1) is 14.4. The first-order valence-electron chi connectivity index (χ1n) is 6.69. The summed E-state index contributed by atoms with van der Waals surface area (Å²) in [4.78, 5) is 13.6. The lowest BCUT2D eigenvalue weighted by Crippen LogP contribution is -2.39. The van der Waals surface area contributed by atoms with Gasteiger partial charge in [0.1, 0.15) is 0 Å². The molecule has 1 aromatic rings. The third kappa shape index (κ3) is 3.28. The van der Waals surface area contributed by atoms with E-state index in [1.54, 1.807) is 0 Å². The Kier molecular flexibility index (Phi) is 4.48. The third-order valence-corrected chi connectivity index (χ3v) is 4.35. The molecule has 1 fully saturated rings. The van der Waals surface area contributed by atoms with E-state index >= 15 is 0 Å². The van der Waals surface area contributed by atoms with E-state index in [2.05, 4.69) is 4.90 Å². The van der Waals surface area contributed by atoms with Crippen LogP contribution < -0.4 is 0 Å². The van der Waals surface area contributed by atoms with Crippen LogP contribution in [0.4, 0.5) is 0 Å². The normalized spacial score (nSPS) is 17.8. The molecule has 19 heavy (non-hydrogen) atoms. The highest BCUT2D eigenvalue weighted by Crippen LogP contribution is 2.39. The van der Waals surface area contributed by atoms with Crippen LogP contribution in [0.15, 0.2) is 24.3 Å². The van der Waals surface area contributed by atoms with Crippen LogP contribution in [0.3, 0.4) is 0 Å². The van der Waals surface area contributed by atoms with E-state index in [4.69, 9.17) is 11.6 Å². The molecule has 0 unspecified atom stereocenters. The first-order valence-corrected chi connectivity index (χ1v) is 7.07. The minimum atomic E-state index is -0.656. The molecule has 0 amide bonds. The van der Waals surface area contributed by atoms with Crippen LogP contribution in [0.5, 0.6) is 0 Å². The smallest absolute Gasteiger partial charge is 0.310 e. The molecule has 0 aliphatic heterocycles. The molecule has 1 aromatic carbocycles. The Morgan fingerprint density at radius 2 is 2.00 bits per heavy atom. The molecule has 0 saturated heterocycles. The Hall–Kier alpha value is -1.06. The van der Waals surface area contributed by atoms with Gasteiger partial charge in [0.05, 0.1) is 5.41 Å². The molecule has 0 aromatic heterocycles. The predicted molar refractivity (Wildman–Crippen MR) is 76.3 cm³/mol. The van der Waals surface area contributed by atoms with Crippen molar-refractivity contribution in [3.63, 3.8) is 0 Å². The monoisotopic (exact) mass is 281 g/mol. The summed E-state index contributed by atoms with van der Waals surface area (Å²) >= 11 is 6.14. The lowest BCUT2D eigenvalue weighted by Gasteiger charge is -2.29. The highest BCUT2D eigenvalue weighted by Gasteiger charge is 2.41. The molecule has 0 heterocycles. The lowest BCUT2D eigenvalue weighted by molar-refractivity contribution is -0.149. The molecule has 4 heteroatoms. The summed E-state index contributed by atoms with van der Waals surface area (Å²) in [7, 11) is 1.96. The van der Waals surface area contributed by atoms with Crippen LogP contribution in [0.1, 0.15) is 31.2 Å². The summed E-state index contributed by atoms with van der Waals surface area (Å²) in [6.07, 6.45) is 3.61. The highest BCUT2D eigenvalue weighted by atomic mass is 35.5. The maximum Gasteiger partial charge on any atom is 0.310 e. The number of carbonyl (C=O) groups is 1. The standard InChI is InChI=1S/C15H20ClNO2/c1-17(10-12-6-2-3-7-13(12)16)11-15(14(18)19)8-4-5-9-15/h2-3,6-7H,4-5,8-11H2,1H3,(H,18,19). The average Bonchev–Trinajstić information content (AvgIpc) is 2.82. The summed E-state index contributed by atoms with van der Waals surface area (Å²) in [5.74, 6) is -0.656. The van der Waals surface area contributed by atoms with Gasteiger partial charge in [-0.1, -0.05) is 42.6 Å². The fourth-order valence-electron chi connectivity index (χ4n) is 2.98. The van der Waals surface area contributed by atoms with E-state index in [0.717, 1.165) is 36.3 Å². The average molecular weight is 282 g/mol. The quantitative estimate of drug-likeness (QED) is 0.899. The molecule has 2 rings (SSSR count). The van der Waals surface area contributed by atoms with Gasteiger partial charge in [-0.15, -0.1) is 0 Å². The number of carboxylic acid groups (broad SMARTS) is 1. The van der Waals surface area contributed by atoms with Gasteiger partial charge in [-0.3, -0.25) is 4.79 Å². The topological polar surface area (TPSA) is 40.5 Å². The van der Waals surface area contributed by atoms with E-state index in [0.29, 0.717) is 13.1 Å². The number of nitrogens with zero attached hydrogens (tertiary/aromatic N) is 1. The fraction of sp³-hybridized carbons (Fsp3) is 0.533. The predicted octanol–water partition coefficient (Wildman–Crippen LogP) is 3.42. The van der Waals surface area contributed by atoms with E-state index in [-0.39, 0.29) is 0 Å². The van der Waals surface area contributed by atoms with Crippen molar-refractivity contribution >= 4 is 17.6 Å². The molecule has 1 N–H and O–H groups in total. The van der Waals surface area contributed by atoms with Crippen LogP contribution in [-0.4, -0.2) is 29.6 Å². The van der Waals surface area contributed by atoms with Gasteiger partial charge in [0, 0.05) is 18.1 Å². The van der Waals surface area contributed by atoms with E-state index < -0.39 is 11.4 Å². The Morgan fingerprint density at radius 1 is 1.37 bits per heavy atom. The number of halogens is 1.